The zero-order valence-electron chi connectivity index (χ0n) is 9.66. The van der Waals surface area contributed by atoms with Crippen molar-refractivity contribution in [1.29, 1.82) is 0 Å². The number of methoxy groups -OCH3 is 1. The monoisotopic (exact) mass is 226 g/mol. The highest BCUT2D eigenvalue weighted by atomic mass is 19.4. The van der Waals surface area contributed by atoms with Gasteiger partial charge in [0.15, 0.2) is 0 Å². The topological polar surface area (TPSA) is 26.3 Å². The van der Waals surface area contributed by atoms with Crippen molar-refractivity contribution < 1.29 is 22.7 Å². The first kappa shape index (κ1) is 14.3. The van der Waals surface area contributed by atoms with E-state index in [2.05, 4.69) is 4.74 Å². The molecule has 0 spiro atoms. The van der Waals surface area contributed by atoms with Gasteiger partial charge in [0.2, 0.25) is 0 Å². The van der Waals surface area contributed by atoms with Crippen LogP contribution in [0.1, 0.15) is 34.1 Å². The van der Waals surface area contributed by atoms with Crippen molar-refractivity contribution in [3.63, 3.8) is 0 Å². The van der Waals surface area contributed by atoms with Crippen LogP contribution in [0.3, 0.4) is 0 Å². The Bertz CT molecular complexity index is 242. The Morgan fingerprint density at radius 3 is 1.80 bits per heavy atom. The molecule has 0 atom stereocenters. The van der Waals surface area contributed by atoms with Gasteiger partial charge in [0.05, 0.1) is 17.9 Å². The van der Waals surface area contributed by atoms with Gasteiger partial charge in [-0.3, -0.25) is 4.79 Å². The molecule has 0 unspecified atom stereocenters. The molecule has 0 fully saturated rings. The van der Waals surface area contributed by atoms with Gasteiger partial charge in [0.1, 0.15) is 0 Å². The Morgan fingerprint density at radius 1 is 1.13 bits per heavy atom. The number of ether oxygens (including phenoxy) is 1. The Hall–Kier alpha value is -0.740. The first-order valence-electron chi connectivity index (χ1n) is 4.59. The van der Waals surface area contributed by atoms with E-state index in [0.29, 0.717) is 0 Å². The van der Waals surface area contributed by atoms with E-state index in [4.69, 9.17) is 0 Å². The lowest BCUT2D eigenvalue weighted by Crippen LogP contribution is -2.39. The van der Waals surface area contributed by atoms with Crippen LogP contribution < -0.4 is 0 Å². The van der Waals surface area contributed by atoms with Crippen LogP contribution in [0, 0.1) is 10.8 Å². The summed E-state index contributed by atoms with van der Waals surface area (Å²) in [5, 5.41) is 0. The molecule has 0 amide bonds. The third kappa shape index (κ3) is 3.39. The zero-order chi connectivity index (χ0) is 12.5. The molecule has 0 rings (SSSR count). The first-order valence-corrected chi connectivity index (χ1v) is 4.59. The maximum atomic E-state index is 12.6. The molecule has 0 saturated carbocycles. The standard InChI is InChI=1S/C10H17F3O2/c1-8(2,7(14)15-5)6-9(3,4)10(11,12)13/h6H2,1-5H3. The Balaban J connectivity index is 4.80. The molecule has 0 heterocycles. The number of carbonyl (C=O) groups excluding carboxylic acids is 1. The van der Waals surface area contributed by atoms with Gasteiger partial charge in [-0.1, -0.05) is 13.8 Å². The van der Waals surface area contributed by atoms with Crippen LogP contribution in [0.25, 0.3) is 0 Å². The summed E-state index contributed by atoms with van der Waals surface area (Å²) in [6, 6.07) is 0. The summed E-state index contributed by atoms with van der Waals surface area (Å²) in [7, 11) is 1.17. The molecule has 0 aromatic carbocycles. The predicted octanol–water partition coefficient (Wildman–Crippen LogP) is 3.16. The molecule has 5 heteroatoms. The Kier molecular flexibility index (Phi) is 3.82. The van der Waals surface area contributed by atoms with Crippen LogP contribution in [0.15, 0.2) is 0 Å². The van der Waals surface area contributed by atoms with Crippen LogP contribution >= 0.6 is 0 Å². The molecule has 2 nitrogen and oxygen atoms in total. The van der Waals surface area contributed by atoms with E-state index in [-0.39, 0.29) is 6.42 Å². The minimum absolute atomic E-state index is 0.295. The second-order valence-electron chi connectivity index (χ2n) is 4.93. The van der Waals surface area contributed by atoms with E-state index in [1.807, 2.05) is 0 Å². The van der Waals surface area contributed by atoms with Crippen molar-refractivity contribution in [3.05, 3.63) is 0 Å². The Morgan fingerprint density at radius 2 is 1.53 bits per heavy atom. The number of halogens is 3. The molecule has 0 saturated heterocycles. The van der Waals surface area contributed by atoms with Crippen LogP contribution in [-0.4, -0.2) is 19.3 Å². The lowest BCUT2D eigenvalue weighted by molar-refractivity contribution is -0.222. The second kappa shape index (κ2) is 4.02. The van der Waals surface area contributed by atoms with Gasteiger partial charge in [-0.2, -0.15) is 13.2 Å². The molecule has 0 aromatic rings. The van der Waals surface area contributed by atoms with Gasteiger partial charge in [-0.25, -0.2) is 0 Å². The van der Waals surface area contributed by atoms with E-state index in [1.54, 1.807) is 0 Å². The number of carbonyl (C=O) groups is 1. The van der Waals surface area contributed by atoms with Crippen molar-refractivity contribution in [2.45, 2.75) is 40.3 Å². The molecule has 0 aliphatic heterocycles. The summed E-state index contributed by atoms with van der Waals surface area (Å²) < 4.78 is 42.2. The maximum absolute atomic E-state index is 12.6. The lowest BCUT2D eigenvalue weighted by Gasteiger charge is -2.34. The normalized spacial score (nSPS) is 13.9. The first-order chi connectivity index (χ1) is 6.44. The highest BCUT2D eigenvalue weighted by molar-refractivity contribution is 5.75. The smallest absolute Gasteiger partial charge is 0.394 e. The quantitative estimate of drug-likeness (QED) is 0.691. The molecular formula is C10H17F3O2. The zero-order valence-corrected chi connectivity index (χ0v) is 9.66. The summed E-state index contributed by atoms with van der Waals surface area (Å²) in [5.74, 6) is -0.625. The minimum atomic E-state index is -4.32. The second-order valence-corrected chi connectivity index (χ2v) is 4.93. The number of rotatable bonds is 3. The average molecular weight is 226 g/mol. The molecule has 0 radical (unpaired) electrons. The van der Waals surface area contributed by atoms with Crippen LogP contribution in [0.5, 0.6) is 0 Å². The van der Waals surface area contributed by atoms with Gasteiger partial charge >= 0.3 is 12.1 Å². The Labute approximate surface area is 87.8 Å². The molecule has 0 aliphatic rings. The average Bonchev–Trinajstić information content (AvgIpc) is 1.98. The molecule has 0 aromatic heterocycles. The summed E-state index contributed by atoms with van der Waals surface area (Å²) in [6.45, 7) is 5.06. The molecule has 0 bridgehead atoms. The molecule has 0 aliphatic carbocycles. The highest BCUT2D eigenvalue weighted by Crippen LogP contribution is 2.45. The highest BCUT2D eigenvalue weighted by Gasteiger charge is 2.51. The molecule has 0 N–H and O–H groups in total. The van der Waals surface area contributed by atoms with Crippen molar-refractivity contribution in [3.8, 4) is 0 Å². The summed E-state index contributed by atoms with van der Waals surface area (Å²) >= 11 is 0. The van der Waals surface area contributed by atoms with Crippen molar-refractivity contribution >= 4 is 5.97 Å². The number of hydrogen-bond acceptors (Lipinski definition) is 2. The van der Waals surface area contributed by atoms with E-state index in [9.17, 15) is 18.0 Å². The molecular weight excluding hydrogens is 209 g/mol. The summed E-state index contributed by atoms with van der Waals surface area (Å²) in [5.41, 5.74) is -3.03. The van der Waals surface area contributed by atoms with Gasteiger partial charge in [-0.15, -0.1) is 0 Å². The van der Waals surface area contributed by atoms with Crippen LogP contribution in [-0.2, 0) is 9.53 Å². The van der Waals surface area contributed by atoms with E-state index >= 15 is 0 Å². The summed E-state index contributed by atoms with van der Waals surface area (Å²) in [6.07, 6.45) is -4.62. The lowest BCUT2D eigenvalue weighted by atomic mass is 9.74. The largest absolute Gasteiger partial charge is 0.469 e. The van der Waals surface area contributed by atoms with Crippen molar-refractivity contribution in [2.75, 3.05) is 7.11 Å². The number of alkyl halides is 3. The number of hydrogen-bond donors (Lipinski definition) is 0. The molecule has 90 valence electrons. The third-order valence-electron chi connectivity index (χ3n) is 2.39. The summed E-state index contributed by atoms with van der Waals surface area (Å²) in [4.78, 5) is 11.2. The fraction of sp³-hybridized carbons (Fsp3) is 0.900. The van der Waals surface area contributed by atoms with Gasteiger partial charge < -0.3 is 4.74 Å². The molecule has 15 heavy (non-hydrogen) atoms. The number of esters is 1. The van der Waals surface area contributed by atoms with Gasteiger partial charge in [0, 0.05) is 0 Å². The van der Waals surface area contributed by atoms with Gasteiger partial charge in [0.25, 0.3) is 0 Å². The SMILES string of the molecule is COC(=O)C(C)(C)CC(C)(C)C(F)(F)F. The minimum Gasteiger partial charge on any atom is -0.469 e. The predicted molar refractivity (Wildman–Crippen MR) is 50.3 cm³/mol. The maximum Gasteiger partial charge on any atom is 0.394 e. The fourth-order valence-electron chi connectivity index (χ4n) is 1.55. The fourth-order valence-corrected chi connectivity index (χ4v) is 1.55. The van der Waals surface area contributed by atoms with Crippen LogP contribution in [0.4, 0.5) is 13.2 Å². The van der Waals surface area contributed by atoms with Crippen molar-refractivity contribution in [2.24, 2.45) is 10.8 Å². The van der Waals surface area contributed by atoms with Crippen molar-refractivity contribution in [1.82, 2.24) is 0 Å². The van der Waals surface area contributed by atoms with Gasteiger partial charge in [-0.05, 0) is 20.3 Å². The van der Waals surface area contributed by atoms with Crippen LogP contribution in [0.2, 0.25) is 0 Å². The van der Waals surface area contributed by atoms with E-state index < -0.39 is 23.0 Å². The third-order valence-corrected chi connectivity index (χ3v) is 2.39. The van der Waals surface area contributed by atoms with E-state index in [0.717, 1.165) is 13.8 Å². The van der Waals surface area contributed by atoms with E-state index in [1.165, 1.54) is 21.0 Å².